The topological polar surface area (TPSA) is 86.1 Å². The predicted octanol–water partition coefficient (Wildman–Crippen LogP) is 4.10. The van der Waals surface area contributed by atoms with Gasteiger partial charge in [0.15, 0.2) is 0 Å². The van der Waals surface area contributed by atoms with Crippen molar-refractivity contribution in [2.45, 2.75) is 31.2 Å². The Morgan fingerprint density at radius 2 is 2.11 bits per heavy atom. The van der Waals surface area contributed by atoms with Crippen LogP contribution in [-0.2, 0) is 4.79 Å². The average Bonchev–Trinajstić information content (AvgIpc) is 3.18. The third-order valence-corrected chi connectivity index (χ3v) is 3.92. The van der Waals surface area contributed by atoms with E-state index in [9.17, 15) is 9.90 Å². The second-order valence-corrected chi connectivity index (χ2v) is 5.74. The van der Waals surface area contributed by atoms with Gasteiger partial charge in [-0.15, -0.1) is 0 Å². The number of benzene rings is 1. The van der Waals surface area contributed by atoms with Gasteiger partial charge in [-0.05, 0) is 35.6 Å². The summed E-state index contributed by atoms with van der Waals surface area (Å²) in [5, 5.41) is 12.7. The Bertz CT molecular complexity index is 505. The van der Waals surface area contributed by atoms with Crippen LogP contribution in [0.1, 0.15) is 30.7 Å². The Labute approximate surface area is 119 Å². The molecule has 100 valence electrons. The van der Waals surface area contributed by atoms with Gasteiger partial charge in [-0.25, -0.2) is 0 Å². The van der Waals surface area contributed by atoms with Crippen molar-refractivity contribution < 1.29 is 9.90 Å². The molecule has 1 aromatic rings. The van der Waals surface area contributed by atoms with Crippen molar-refractivity contribution >= 4 is 21.9 Å². The molecule has 0 aromatic heterocycles. The number of hydrogen-bond acceptors (Lipinski definition) is 2. The molecule has 1 fully saturated rings. The fourth-order valence-corrected chi connectivity index (χ4v) is 2.49. The van der Waals surface area contributed by atoms with Crippen LogP contribution in [0.25, 0.3) is 10.4 Å². The maximum atomic E-state index is 11.3. The summed E-state index contributed by atoms with van der Waals surface area (Å²) in [5.41, 5.74) is 9.47. The molecule has 0 radical (unpaired) electrons. The molecule has 1 N–H and O–H groups in total. The molecule has 2 atom stereocenters. The number of hydrogen-bond donors (Lipinski definition) is 1. The molecule has 0 amide bonds. The quantitative estimate of drug-likeness (QED) is 0.485. The summed E-state index contributed by atoms with van der Waals surface area (Å²) in [6.07, 6.45) is 3.03. The van der Waals surface area contributed by atoms with E-state index in [0.29, 0.717) is 5.92 Å². The third kappa shape index (κ3) is 3.72. The second-order valence-electron chi connectivity index (χ2n) is 4.83. The number of rotatable bonds is 6. The smallest absolute Gasteiger partial charge is 0.313 e. The first-order valence-electron chi connectivity index (χ1n) is 6.14. The Morgan fingerprint density at radius 3 is 2.58 bits per heavy atom. The largest absolute Gasteiger partial charge is 0.481 e. The van der Waals surface area contributed by atoms with Crippen LogP contribution in [0.4, 0.5) is 0 Å². The Balaban J connectivity index is 2.29. The molecule has 0 saturated heterocycles. The van der Waals surface area contributed by atoms with Gasteiger partial charge in [0.05, 0.1) is 0 Å². The minimum atomic E-state index is -1.06. The molecule has 1 aliphatic carbocycles. The number of nitrogens with zero attached hydrogens (tertiary/aromatic N) is 3. The van der Waals surface area contributed by atoms with E-state index in [1.54, 1.807) is 0 Å². The van der Waals surface area contributed by atoms with Crippen LogP contribution in [0, 0.1) is 5.92 Å². The molecule has 5 nitrogen and oxygen atoms in total. The molecule has 19 heavy (non-hydrogen) atoms. The normalized spacial score (nSPS) is 17.3. The summed E-state index contributed by atoms with van der Waals surface area (Å²) in [6.45, 7) is 0. The zero-order valence-corrected chi connectivity index (χ0v) is 11.8. The first kappa shape index (κ1) is 13.9. The molecule has 0 aliphatic heterocycles. The molecule has 0 heterocycles. The maximum Gasteiger partial charge on any atom is 0.313 e. The van der Waals surface area contributed by atoms with Crippen LogP contribution in [-0.4, -0.2) is 17.1 Å². The molecule has 2 rings (SSSR count). The van der Waals surface area contributed by atoms with Gasteiger partial charge in [-0.1, -0.05) is 46.0 Å². The first-order chi connectivity index (χ1) is 9.11. The van der Waals surface area contributed by atoms with Gasteiger partial charge < -0.3 is 5.11 Å². The zero-order valence-electron chi connectivity index (χ0n) is 10.2. The highest BCUT2D eigenvalue weighted by Gasteiger charge is 2.34. The Kier molecular flexibility index (Phi) is 4.45. The first-order valence-corrected chi connectivity index (χ1v) is 6.93. The summed E-state index contributed by atoms with van der Waals surface area (Å²) in [7, 11) is 0. The standard InChI is InChI=1S/C13H14BrN3O2/c14-10-5-3-9(4-6-10)11(7-8-1-2-8)12(13(18)19)16-17-15/h3-6,8,11-12H,1-2,7H2,(H,18,19)/t11-,12-/m0/s1. The van der Waals surface area contributed by atoms with Gasteiger partial charge in [0.25, 0.3) is 0 Å². The van der Waals surface area contributed by atoms with Crippen molar-refractivity contribution in [3.63, 3.8) is 0 Å². The van der Waals surface area contributed by atoms with E-state index in [1.165, 1.54) is 0 Å². The molecule has 1 aliphatic rings. The maximum absolute atomic E-state index is 11.3. The average molecular weight is 324 g/mol. The van der Waals surface area contributed by atoms with Crippen LogP contribution in [0.2, 0.25) is 0 Å². The number of azide groups is 1. The van der Waals surface area contributed by atoms with E-state index in [0.717, 1.165) is 29.3 Å². The van der Waals surface area contributed by atoms with Crippen LogP contribution in [0.3, 0.4) is 0 Å². The van der Waals surface area contributed by atoms with E-state index >= 15 is 0 Å². The molecule has 0 bridgehead atoms. The lowest BCUT2D eigenvalue weighted by Gasteiger charge is -2.21. The van der Waals surface area contributed by atoms with E-state index < -0.39 is 12.0 Å². The highest BCUT2D eigenvalue weighted by Crippen LogP contribution is 2.41. The van der Waals surface area contributed by atoms with Gasteiger partial charge in [0, 0.05) is 15.3 Å². The SMILES string of the molecule is [N-]=[N+]=N[C@H](C(=O)O)[C@@H](CC1CC1)c1ccc(Br)cc1. The monoisotopic (exact) mass is 323 g/mol. The van der Waals surface area contributed by atoms with Gasteiger partial charge >= 0.3 is 5.97 Å². The lowest BCUT2D eigenvalue weighted by molar-refractivity contribution is -0.139. The predicted molar refractivity (Wildman–Crippen MR) is 74.8 cm³/mol. The summed E-state index contributed by atoms with van der Waals surface area (Å²) in [6, 6.07) is 6.50. The Morgan fingerprint density at radius 1 is 1.47 bits per heavy atom. The van der Waals surface area contributed by atoms with Crippen LogP contribution >= 0.6 is 15.9 Å². The molecular formula is C13H14BrN3O2. The third-order valence-electron chi connectivity index (χ3n) is 3.39. The van der Waals surface area contributed by atoms with Gasteiger partial charge in [-0.2, -0.15) is 0 Å². The van der Waals surface area contributed by atoms with E-state index in [2.05, 4.69) is 26.0 Å². The lowest BCUT2D eigenvalue weighted by Crippen LogP contribution is -2.26. The minimum absolute atomic E-state index is 0.256. The number of aliphatic carboxylic acids is 1. The Hall–Kier alpha value is -1.52. The molecule has 1 aromatic carbocycles. The lowest BCUT2D eigenvalue weighted by atomic mass is 9.87. The van der Waals surface area contributed by atoms with Crippen LogP contribution < -0.4 is 0 Å². The molecule has 0 spiro atoms. The summed E-state index contributed by atoms with van der Waals surface area (Å²) in [4.78, 5) is 14.0. The van der Waals surface area contributed by atoms with Crippen molar-refractivity contribution in [2.75, 3.05) is 0 Å². The van der Waals surface area contributed by atoms with Crippen molar-refractivity contribution in [3.8, 4) is 0 Å². The number of carbonyl (C=O) groups is 1. The van der Waals surface area contributed by atoms with Crippen LogP contribution in [0.15, 0.2) is 33.9 Å². The van der Waals surface area contributed by atoms with Gasteiger partial charge in [0.1, 0.15) is 6.04 Å². The fraction of sp³-hybridized carbons (Fsp3) is 0.462. The number of carboxylic acid groups (broad SMARTS) is 1. The number of carboxylic acids is 1. The highest BCUT2D eigenvalue weighted by molar-refractivity contribution is 9.10. The minimum Gasteiger partial charge on any atom is -0.481 e. The summed E-state index contributed by atoms with van der Waals surface area (Å²) >= 11 is 3.36. The van der Waals surface area contributed by atoms with E-state index in [4.69, 9.17) is 5.53 Å². The van der Waals surface area contributed by atoms with Crippen LogP contribution in [0.5, 0.6) is 0 Å². The molecule has 1 saturated carbocycles. The van der Waals surface area contributed by atoms with E-state index in [1.807, 2.05) is 24.3 Å². The van der Waals surface area contributed by atoms with Gasteiger partial charge in [-0.3, -0.25) is 4.79 Å². The van der Waals surface area contributed by atoms with Crippen molar-refractivity contribution in [1.29, 1.82) is 0 Å². The fourth-order valence-electron chi connectivity index (χ4n) is 2.23. The molecule has 0 unspecified atom stereocenters. The van der Waals surface area contributed by atoms with Crippen molar-refractivity contribution in [3.05, 3.63) is 44.7 Å². The van der Waals surface area contributed by atoms with E-state index in [-0.39, 0.29) is 5.92 Å². The molecular weight excluding hydrogens is 310 g/mol. The number of halogens is 1. The van der Waals surface area contributed by atoms with Crippen molar-refractivity contribution in [1.82, 2.24) is 0 Å². The highest BCUT2D eigenvalue weighted by atomic mass is 79.9. The molecule has 6 heteroatoms. The summed E-state index contributed by atoms with van der Waals surface area (Å²) < 4.78 is 0.942. The zero-order chi connectivity index (χ0) is 13.8. The van der Waals surface area contributed by atoms with Crippen molar-refractivity contribution in [2.24, 2.45) is 11.0 Å². The summed E-state index contributed by atoms with van der Waals surface area (Å²) in [5.74, 6) is -0.759. The van der Waals surface area contributed by atoms with Gasteiger partial charge in [0.2, 0.25) is 0 Å². The second kappa shape index (κ2) is 6.08.